The number of fused-ring (bicyclic) bond motifs is 1. The van der Waals surface area contributed by atoms with Gasteiger partial charge in [0.05, 0.1) is 5.03 Å². The zero-order valence-corrected chi connectivity index (χ0v) is 7.80. The minimum atomic E-state index is 0.916. The van der Waals surface area contributed by atoms with E-state index in [0.717, 1.165) is 11.5 Å². The van der Waals surface area contributed by atoms with Crippen LogP contribution in [0.25, 0.3) is 5.65 Å². The summed E-state index contributed by atoms with van der Waals surface area (Å²) < 4.78 is 2.05. The summed E-state index contributed by atoms with van der Waals surface area (Å²) in [6.45, 7) is 1.96. The van der Waals surface area contributed by atoms with E-state index in [-0.39, 0.29) is 0 Å². The van der Waals surface area contributed by atoms with Crippen LogP contribution in [-0.2, 0) is 0 Å². The second kappa shape index (κ2) is 2.79. The van der Waals surface area contributed by atoms with Crippen LogP contribution < -0.4 is 0 Å². The summed E-state index contributed by atoms with van der Waals surface area (Å²) in [6, 6.07) is 6.02. The summed E-state index contributed by atoms with van der Waals surface area (Å²) in [7, 11) is 0. The van der Waals surface area contributed by atoms with Gasteiger partial charge in [-0.05, 0) is 25.3 Å². The Morgan fingerprint density at radius 1 is 1.33 bits per heavy atom. The molecule has 0 fully saturated rings. The highest BCUT2D eigenvalue weighted by molar-refractivity contribution is 7.98. The van der Waals surface area contributed by atoms with Crippen molar-refractivity contribution in [2.75, 3.05) is 6.26 Å². The van der Waals surface area contributed by atoms with Crippen LogP contribution in [0.1, 0.15) is 5.82 Å². The first kappa shape index (κ1) is 7.61. The Hall–Kier alpha value is -1.03. The summed E-state index contributed by atoms with van der Waals surface area (Å²) >= 11 is 1.70. The molecule has 0 N–H and O–H groups in total. The van der Waals surface area contributed by atoms with E-state index in [1.54, 1.807) is 11.8 Å². The maximum atomic E-state index is 4.03. The smallest absolute Gasteiger partial charge is 0.161 e. The van der Waals surface area contributed by atoms with Crippen molar-refractivity contribution >= 4 is 17.4 Å². The largest absolute Gasteiger partial charge is 0.274 e. The molecule has 2 heterocycles. The fourth-order valence-electron chi connectivity index (χ4n) is 1.21. The molecule has 0 bridgehead atoms. The highest BCUT2D eigenvalue weighted by Crippen LogP contribution is 2.16. The van der Waals surface area contributed by atoms with Gasteiger partial charge in [0, 0.05) is 0 Å². The van der Waals surface area contributed by atoms with Crippen molar-refractivity contribution in [1.29, 1.82) is 0 Å². The van der Waals surface area contributed by atoms with Crippen LogP contribution in [-0.4, -0.2) is 20.9 Å². The quantitative estimate of drug-likeness (QED) is 0.625. The van der Waals surface area contributed by atoms with E-state index in [2.05, 4.69) is 16.3 Å². The molecule has 0 aliphatic carbocycles. The van der Waals surface area contributed by atoms with Gasteiger partial charge in [-0.25, -0.2) is 0 Å². The van der Waals surface area contributed by atoms with Gasteiger partial charge in [-0.3, -0.25) is 4.40 Å². The van der Waals surface area contributed by atoms with Crippen molar-refractivity contribution in [2.24, 2.45) is 0 Å². The number of thioether (sulfide) groups is 1. The number of nitrogens with zero attached hydrogens (tertiary/aromatic N) is 3. The van der Waals surface area contributed by atoms with Gasteiger partial charge in [-0.2, -0.15) is 0 Å². The average molecular weight is 179 g/mol. The van der Waals surface area contributed by atoms with Crippen LogP contribution in [0.4, 0.5) is 0 Å². The van der Waals surface area contributed by atoms with Crippen LogP contribution in [0.5, 0.6) is 0 Å². The maximum Gasteiger partial charge on any atom is 0.161 e. The molecule has 0 amide bonds. The molecule has 0 aliphatic rings. The zero-order valence-electron chi connectivity index (χ0n) is 6.98. The van der Waals surface area contributed by atoms with Gasteiger partial charge in [0.15, 0.2) is 5.65 Å². The normalized spacial score (nSPS) is 10.8. The molecule has 2 aromatic heterocycles. The molecule has 2 rings (SSSR count). The summed E-state index contributed by atoms with van der Waals surface area (Å²) in [4.78, 5) is 0. The Labute approximate surface area is 74.8 Å². The van der Waals surface area contributed by atoms with E-state index in [1.165, 1.54) is 5.03 Å². The van der Waals surface area contributed by atoms with E-state index in [4.69, 9.17) is 0 Å². The lowest BCUT2D eigenvalue weighted by Crippen LogP contribution is -1.91. The van der Waals surface area contributed by atoms with Crippen molar-refractivity contribution in [1.82, 2.24) is 14.6 Å². The maximum absolute atomic E-state index is 4.03. The minimum Gasteiger partial charge on any atom is -0.274 e. The highest BCUT2D eigenvalue weighted by atomic mass is 32.2. The van der Waals surface area contributed by atoms with Crippen molar-refractivity contribution in [2.45, 2.75) is 11.9 Å². The topological polar surface area (TPSA) is 30.2 Å². The molecular formula is C8H9N3S. The molecule has 0 atom stereocenters. The summed E-state index contributed by atoms with van der Waals surface area (Å²) in [5.41, 5.74) is 0.916. The van der Waals surface area contributed by atoms with Gasteiger partial charge in [0.1, 0.15) is 5.82 Å². The molecule has 0 unspecified atom stereocenters. The highest BCUT2D eigenvalue weighted by Gasteiger charge is 2.03. The molecule has 0 radical (unpaired) electrons. The van der Waals surface area contributed by atoms with E-state index in [0.29, 0.717) is 0 Å². The van der Waals surface area contributed by atoms with Crippen molar-refractivity contribution in [3.8, 4) is 0 Å². The predicted octanol–water partition coefficient (Wildman–Crippen LogP) is 1.76. The Bertz CT molecular complexity index is 408. The Morgan fingerprint density at radius 3 is 2.92 bits per heavy atom. The fraction of sp³-hybridized carbons (Fsp3) is 0.250. The first-order valence-electron chi connectivity index (χ1n) is 3.67. The van der Waals surface area contributed by atoms with Gasteiger partial charge in [0.2, 0.25) is 0 Å². The summed E-state index contributed by atoms with van der Waals surface area (Å²) in [5.74, 6) is 0.940. The van der Waals surface area contributed by atoms with E-state index in [9.17, 15) is 0 Å². The number of pyridine rings is 1. The molecule has 4 heteroatoms. The first-order chi connectivity index (χ1) is 5.83. The molecule has 0 saturated carbocycles. The SMILES string of the molecule is CSc1cccc2nnc(C)n12. The average Bonchev–Trinajstić information content (AvgIpc) is 2.48. The second-order valence-corrected chi connectivity index (χ2v) is 3.34. The van der Waals surface area contributed by atoms with Gasteiger partial charge >= 0.3 is 0 Å². The number of hydrogen-bond donors (Lipinski definition) is 0. The molecule has 2 aromatic rings. The van der Waals surface area contributed by atoms with E-state index >= 15 is 0 Å². The lowest BCUT2D eigenvalue weighted by molar-refractivity contribution is 0.938. The van der Waals surface area contributed by atoms with E-state index < -0.39 is 0 Å². The predicted molar refractivity (Wildman–Crippen MR) is 49.5 cm³/mol. The lowest BCUT2D eigenvalue weighted by Gasteiger charge is -2.00. The van der Waals surface area contributed by atoms with Crippen molar-refractivity contribution < 1.29 is 0 Å². The number of hydrogen-bond acceptors (Lipinski definition) is 3. The first-order valence-corrected chi connectivity index (χ1v) is 4.90. The van der Waals surface area contributed by atoms with Crippen LogP contribution in [0.3, 0.4) is 0 Å². The lowest BCUT2D eigenvalue weighted by atomic mass is 10.5. The second-order valence-electron chi connectivity index (χ2n) is 2.51. The van der Waals surface area contributed by atoms with Gasteiger partial charge in [-0.15, -0.1) is 22.0 Å². The molecule has 62 valence electrons. The number of rotatable bonds is 1. The standard InChI is InChI=1S/C8H9N3S/c1-6-9-10-7-4-3-5-8(12-2)11(6)7/h3-5H,1-2H3. The fourth-order valence-corrected chi connectivity index (χ4v) is 1.83. The molecule has 0 aliphatic heterocycles. The van der Waals surface area contributed by atoms with Crippen LogP contribution in [0, 0.1) is 6.92 Å². The van der Waals surface area contributed by atoms with Crippen LogP contribution in [0.15, 0.2) is 23.2 Å². The molecule has 12 heavy (non-hydrogen) atoms. The zero-order chi connectivity index (χ0) is 8.55. The third-order valence-electron chi connectivity index (χ3n) is 1.76. The Balaban J connectivity index is 2.84. The van der Waals surface area contributed by atoms with Gasteiger partial charge < -0.3 is 0 Å². The molecule has 0 spiro atoms. The number of aryl methyl sites for hydroxylation is 1. The van der Waals surface area contributed by atoms with E-state index in [1.807, 2.05) is 29.7 Å². The molecule has 0 saturated heterocycles. The number of aromatic nitrogens is 3. The molecule has 0 aromatic carbocycles. The molecule has 3 nitrogen and oxygen atoms in total. The van der Waals surface area contributed by atoms with Gasteiger partial charge in [0.25, 0.3) is 0 Å². The Morgan fingerprint density at radius 2 is 2.17 bits per heavy atom. The summed E-state index contributed by atoms with van der Waals surface area (Å²) in [5, 5.41) is 9.21. The monoisotopic (exact) mass is 179 g/mol. The van der Waals surface area contributed by atoms with Crippen molar-refractivity contribution in [3.63, 3.8) is 0 Å². The Kier molecular flexibility index (Phi) is 1.77. The van der Waals surface area contributed by atoms with Crippen molar-refractivity contribution in [3.05, 3.63) is 24.0 Å². The van der Waals surface area contributed by atoms with Crippen LogP contribution in [0.2, 0.25) is 0 Å². The van der Waals surface area contributed by atoms with Gasteiger partial charge in [-0.1, -0.05) is 6.07 Å². The third kappa shape index (κ3) is 0.992. The third-order valence-corrected chi connectivity index (χ3v) is 2.50. The summed E-state index contributed by atoms with van der Waals surface area (Å²) in [6.07, 6.45) is 2.05. The van der Waals surface area contributed by atoms with Crippen LogP contribution >= 0.6 is 11.8 Å². The minimum absolute atomic E-state index is 0.916. The molecular weight excluding hydrogens is 170 g/mol.